The zero-order valence-electron chi connectivity index (χ0n) is 13.2. The van der Waals surface area contributed by atoms with Gasteiger partial charge in [-0.05, 0) is 50.8 Å². The highest BCUT2D eigenvalue weighted by Crippen LogP contribution is 2.37. The van der Waals surface area contributed by atoms with Gasteiger partial charge < -0.3 is 5.32 Å². The maximum atomic E-state index is 4.53. The molecule has 0 radical (unpaired) electrons. The van der Waals surface area contributed by atoms with Gasteiger partial charge in [0.05, 0.1) is 6.20 Å². The smallest absolute Gasteiger partial charge is 0.0524 e. The summed E-state index contributed by atoms with van der Waals surface area (Å²) in [6, 6.07) is 9.37. The normalized spacial score (nSPS) is 22.7. The van der Waals surface area contributed by atoms with Gasteiger partial charge in [-0.15, -0.1) is 0 Å². The van der Waals surface area contributed by atoms with Crippen LogP contribution in [0, 0.1) is 6.92 Å². The number of nitrogens with zero attached hydrogens (tertiary/aromatic N) is 2. The lowest BCUT2D eigenvalue weighted by Gasteiger charge is -2.32. The molecule has 1 N–H and O–H groups in total. The van der Waals surface area contributed by atoms with E-state index in [2.05, 4.69) is 72.5 Å². The average Bonchev–Trinajstić information content (AvgIpc) is 2.97. The number of aryl methyl sites for hydroxylation is 1. The quantitative estimate of drug-likeness (QED) is 0.932. The number of aromatic nitrogens is 2. The van der Waals surface area contributed by atoms with Crippen LogP contribution in [0.2, 0.25) is 0 Å². The molecule has 2 unspecified atom stereocenters. The van der Waals surface area contributed by atoms with Gasteiger partial charge in [0.25, 0.3) is 0 Å². The van der Waals surface area contributed by atoms with Crippen molar-refractivity contribution >= 4 is 0 Å². The van der Waals surface area contributed by atoms with E-state index in [0.29, 0.717) is 17.9 Å². The van der Waals surface area contributed by atoms with Crippen LogP contribution in [0.1, 0.15) is 54.8 Å². The van der Waals surface area contributed by atoms with Crippen LogP contribution in [-0.4, -0.2) is 22.9 Å². The fourth-order valence-corrected chi connectivity index (χ4v) is 3.34. The predicted octanol–water partition coefficient (Wildman–Crippen LogP) is 3.63. The van der Waals surface area contributed by atoms with E-state index in [4.69, 9.17) is 0 Å². The van der Waals surface area contributed by atoms with E-state index < -0.39 is 0 Å². The van der Waals surface area contributed by atoms with E-state index in [1.165, 1.54) is 23.1 Å². The van der Waals surface area contributed by atoms with Crippen LogP contribution in [0.3, 0.4) is 0 Å². The third kappa shape index (κ3) is 3.03. The van der Waals surface area contributed by atoms with Gasteiger partial charge in [0.1, 0.15) is 0 Å². The van der Waals surface area contributed by atoms with Crippen molar-refractivity contribution in [3.63, 3.8) is 0 Å². The molecule has 0 bridgehead atoms. The summed E-state index contributed by atoms with van der Waals surface area (Å²) < 4.78 is 2.07. The Balaban J connectivity index is 1.90. The summed E-state index contributed by atoms with van der Waals surface area (Å²) in [5.41, 5.74) is 4.18. The first kappa shape index (κ1) is 14.3. The molecule has 1 fully saturated rings. The minimum Gasteiger partial charge on any atom is -0.316 e. The number of hydrogen-bond acceptors (Lipinski definition) is 2. The summed E-state index contributed by atoms with van der Waals surface area (Å²) in [4.78, 5) is 0. The second kappa shape index (κ2) is 6.02. The van der Waals surface area contributed by atoms with Crippen LogP contribution < -0.4 is 5.32 Å². The third-order valence-corrected chi connectivity index (χ3v) is 4.53. The Hall–Kier alpha value is -1.61. The molecule has 1 aliphatic heterocycles. The van der Waals surface area contributed by atoms with Gasteiger partial charge in [-0.2, -0.15) is 5.10 Å². The molecule has 112 valence electrons. The Morgan fingerprint density at radius 2 is 2.10 bits per heavy atom. The molecule has 2 aromatic rings. The molecule has 0 spiro atoms. The van der Waals surface area contributed by atoms with Crippen LogP contribution in [0.5, 0.6) is 0 Å². The lowest BCUT2D eigenvalue weighted by atomic mass is 9.78. The van der Waals surface area contributed by atoms with Crippen molar-refractivity contribution < 1.29 is 0 Å². The van der Waals surface area contributed by atoms with E-state index in [9.17, 15) is 0 Å². The van der Waals surface area contributed by atoms with Gasteiger partial charge >= 0.3 is 0 Å². The first-order chi connectivity index (χ1) is 10.1. The molecule has 1 saturated heterocycles. The molecule has 1 aromatic carbocycles. The zero-order chi connectivity index (χ0) is 14.8. The SMILES string of the molecule is Cc1cccc(C2CNCCC2c2cnn(C(C)C)c2)c1. The molecule has 21 heavy (non-hydrogen) atoms. The molecular weight excluding hydrogens is 258 g/mol. The monoisotopic (exact) mass is 283 g/mol. The van der Waals surface area contributed by atoms with Crippen molar-refractivity contribution in [2.75, 3.05) is 13.1 Å². The summed E-state index contributed by atoms with van der Waals surface area (Å²) in [5, 5.41) is 8.09. The Kier molecular flexibility index (Phi) is 4.11. The molecule has 3 heteroatoms. The second-order valence-electron chi connectivity index (χ2n) is 6.47. The molecular formula is C18H25N3. The van der Waals surface area contributed by atoms with E-state index in [0.717, 1.165) is 13.1 Å². The van der Waals surface area contributed by atoms with Crippen molar-refractivity contribution in [2.24, 2.45) is 0 Å². The van der Waals surface area contributed by atoms with Crippen LogP contribution in [-0.2, 0) is 0 Å². The molecule has 0 saturated carbocycles. The standard InChI is InChI=1S/C18H25N3/c1-13(2)21-12-16(10-20-21)17-7-8-19-11-18(17)15-6-4-5-14(3)9-15/h4-6,9-10,12-13,17-19H,7-8,11H2,1-3H3. The van der Waals surface area contributed by atoms with Gasteiger partial charge in [-0.25, -0.2) is 0 Å². The van der Waals surface area contributed by atoms with Crippen LogP contribution >= 0.6 is 0 Å². The minimum atomic E-state index is 0.429. The topological polar surface area (TPSA) is 29.9 Å². The average molecular weight is 283 g/mol. The third-order valence-electron chi connectivity index (χ3n) is 4.53. The summed E-state index contributed by atoms with van der Waals surface area (Å²) in [6.07, 6.45) is 5.49. The maximum Gasteiger partial charge on any atom is 0.0524 e. The second-order valence-corrected chi connectivity index (χ2v) is 6.47. The molecule has 1 aromatic heterocycles. The molecule has 3 rings (SSSR count). The minimum absolute atomic E-state index is 0.429. The lowest BCUT2D eigenvalue weighted by Crippen LogP contribution is -2.33. The molecule has 0 aliphatic carbocycles. The predicted molar refractivity (Wildman–Crippen MR) is 86.8 cm³/mol. The summed E-state index contributed by atoms with van der Waals surface area (Å²) in [7, 11) is 0. The Morgan fingerprint density at radius 1 is 1.24 bits per heavy atom. The fraction of sp³-hybridized carbons (Fsp3) is 0.500. The number of nitrogens with one attached hydrogen (secondary N) is 1. The van der Waals surface area contributed by atoms with Gasteiger partial charge in [-0.1, -0.05) is 29.8 Å². The Bertz CT molecular complexity index is 600. The van der Waals surface area contributed by atoms with Crippen molar-refractivity contribution in [3.8, 4) is 0 Å². The number of rotatable bonds is 3. The molecule has 1 aliphatic rings. The first-order valence-corrected chi connectivity index (χ1v) is 7.96. The molecule has 2 atom stereocenters. The summed E-state index contributed by atoms with van der Waals surface area (Å²) in [5.74, 6) is 1.11. The fourth-order valence-electron chi connectivity index (χ4n) is 3.34. The van der Waals surface area contributed by atoms with Crippen LogP contribution in [0.4, 0.5) is 0 Å². The van der Waals surface area contributed by atoms with Crippen LogP contribution in [0.15, 0.2) is 36.7 Å². The first-order valence-electron chi connectivity index (χ1n) is 7.96. The molecule has 3 nitrogen and oxygen atoms in total. The highest BCUT2D eigenvalue weighted by Gasteiger charge is 2.28. The van der Waals surface area contributed by atoms with E-state index in [1.807, 2.05) is 0 Å². The lowest BCUT2D eigenvalue weighted by molar-refractivity contribution is 0.403. The van der Waals surface area contributed by atoms with E-state index in [-0.39, 0.29) is 0 Å². The van der Waals surface area contributed by atoms with Crippen molar-refractivity contribution in [1.29, 1.82) is 0 Å². The number of piperidine rings is 1. The van der Waals surface area contributed by atoms with E-state index in [1.54, 1.807) is 0 Å². The number of benzene rings is 1. The zero-order valence-corrected chi connectivity index (χ0v) is 13.2. The van der Waals surface area contributed by atoms with Crippen molar-refractivity contribution in [3.05, 3.63) is 53.3 Å². The van der Waals surface area contributed by atoms with Gasteiger partial charge in [-0.3, -0.25) is 4.68 Å². The largest absolute Gasteiger partial charge is 0.316 e. The van der Waals surface area contributed by atoms with E-state index >= 15 is 0 Å². The summed E-state index contributed by atoms with van der Waals surface area (Å²) >= 11 is 0. The maximum absolute atomic E-state index is 4.53. The van der Waals surface area contributed by atoms with Gasteiger partial charge in [0.15, 0.2) is 0 Å². The highest BCUT2D eigenvalue weighted by atomic mass is 15.3. The molecule has 0 amide bonds. The molecule has 2 heterocycles. The van der Waals surface area contributed by atoms with Crippen molar-refractivity contribution in [2.45, 2.75) is 45.1 Å². The van der Waals surface area contributed by atoms with Gasteiger partial charge in [0.2, 0.25) is 0 Å². The van der Waals surface area contributed by atoms with Crippen LogP contribution in [0.25, 0.3) is 0 Å². The Labute approximate surface area is 127 Å². The van der Waals surface area contributed by atoms with Crippen molar-refractivity contribution in [1.82, 2.24) is 15.1 Å². The van der Waals surface area contributed by atoms with Gasteiger partial charge in [0, 0.05) is 24.7 Å². The summed E-state index contributed by atoms with van der Waals surface area (Å²) in [6.45, 7) is 8.68. The highest BCUT2D eigenvalue weighted by molar-refractivity contribution is 5.31. The Morgan fingerprint density at radius 3 is 2.81 bits per heavy atom. The number of hydrogen-bond donors (Lipinski definition) is 1.